The molecule has 1 saturated heterocycles. The summed E-state index contributed by atoms with van der Waals surface area (Å²) in [6.45, 7) is 5.78. The van der Waals surface area contributed by atoms with Gasteiger partial charge in [-0.1, -0.05) is 36.2 Å². The van der Waals surface area contributed by atoms with Crippen LogP contribution in [0.2, 0.25) is 10.0 Å². The average molecular weight is 408 g/mol. The van der Waals surface area contributed by atoms with Crippen LogP contribution in [0.25, 0.3) is 0 Å². The summed E-state index contributed by atoms with van der Waals surface area (Å²) in [6.07, 6.45) is 0.871. The van der Waals surface area contributed by atoms with Crippen LogP contribution >= 0.6 is 23.2 Å². The van der Waals surface area contributed by atoms with Gasteiger partial charge in [0.05, 0.1) is 16.6 Å². The number of carbonyl (C=O) groups excluding carboxylic acids is 1. The third-order valence-corrected chi connectivity index (χ3v) is 7.09. The van der Waals surface area contributed by atoms with Crippen LogP contribution in [-0.4, -0.2) is 62.3 Å². The fourth-order valence-electron chi connectivity index (χ4n) is 2.61. The van der Waals surface area contributed by atoms with E-state index in [0.29, 0.717) is 26.2 Å². The highest BCUT2D eigenvalue weighted by molar-refractivity contribution is 7.89. The van der Waals surface area contributed by atoms with Gasteiger partial charge in [0.1, 0.15) is 4.90 Å². The molecule has 0 bridgehead atoms. The van der Waals surface area contributed by atoms with Crippen LogP contribution in [0.5, 0.6) is 0 Å². The van der Waals surface area contributed by atoms with Crippen molar-refractivity contribution in [2.45, 2.75) is 31.2 Å². The second kappa shape index (κ2) is 8.68. The summed E-state index contributed by atoms with van der Waals surface area (Å²) in [5, 5.41) is 3.14. The number of hydrogen-bond acceptors (Lipinski definition) is 4. The first kappa shape index (κ1) is 20.5. The third kappa shape index (κ3) is 5.08. The molecule has 1 aromatic carbocycles. The number of benzene rings is 1. The van der Waals surface area contributed by atoms with Gasteiger partial charge in [-0.05, 0) is 25.5 Å². The molecule has 2 rings (SSSR count). The summed E-state index contributed by atoms with van der Waals surface area (Å²) in [7, 11) is -3.76. The van der Waals surface area contributed by atoms with Crippen molar-refractivity contribution in [1.82, 2.24) is 14.5 Å². The standard InChI is InChI=1S/C16H23Cl2N3O3S/c1-3-12(2)19-15(22)11-20-7-9-21(10-8-20)25(23,24)16-13(17)5-4-6-14(16)18/h4-6,12H,3,7-11H2,1-2H3,(H,19,22)/t12-/m0/s1. The van der Waals surface area contributed by atoms with E-state index >= 15 is 0 Å². The molecule has 0 radical (unpaired) electrons. The summed E-state index contributed by atoms with van der Waals surface area (Å²) in [5.74, 6) is -0.0418. The molecule has 9 heteroatoms. The van der Waals surface area contributed by atoms with Crippen molar-refractivity contribution in [2.24, 2.45) is 0 Å². The lowest BCUT2D eigenvalue weighted by Gasteiger charge is -2.34. The van der Waals surface area contributed by atoms with Crippen LogP contribution in [0.3, 0.4) is 0 Å². The number of carbonyl (C=O) groups is 1. The van der Waals surface area contributed by atoms with Crippen molar-refractivity contribution in [3.05, 3.63) is 28.2 Å². The van der Waals surface area contributed by atoms with Gasteiger partial charge in [-0.2, -0.15) is 4.31 Å². The second-order valence-corrected chi connectivity index (χ2v) is 8.80. The highest BCUT2D eigenvalue weighted by Gasteiger charge is 2.32. The Morgan fingerprint density at radius 2 is 1.76 bits per heavy atom. The SMILES string of the molecule is CC[C@H](C)NC(=O)CN1CCN(S(=O)(=O)c2c(Cl)cccc2Cl)CC1. The Morgan fingerprint density at radius 3 is 2.28 bits per heavy atom. The zero-order valence-electron chi connectivity index (χ0n) is 14.3. The van der Waals surface area contributed by atoms with Crippen LogP contribution in [0.15, 0.2) is 23.1 Å². The molecule has 0 spiro atoms. The molecule has 1 heterocycles. The molecule has 140 valence electrons. The van der Waals surface area contributed by atoms with Gasteiger partial charge in [-0.3, -0.25) is 9.69 Å². The van der Waals surface area contributed by atoms with E-state index in [0.717, 1.165) is 6.42 Å². The van der Waals surface area contributed by atoms with Crippen LogP contribution in [0, 0.1) is 0 Å². The number of hydrogen-bond donors (Lipinski definition) is 1. The molecule has 1 aliphatic rings. The maximum absolute atomic E-state index is 12.8. The van der Waals surface area contributed by atoms with Gasteiger partial charge < -0.3 is 5.32 Å². The van der Waals surface area contributed by atoms with Crippen molar-refractivity contribution in [3.8, 4) is 0 Å². The van der Waals surface area contributed by atoms with Crippen molar-refractivity contribution in [3.63, 3.8) is 0 Å². The van der Waals surface area contributed by atoms with E-state index in [1.54, 1.807) is 6.07 Å². The number of sulfonamides is 1. The van der Waals surface area contributed by atoms with Gasteiger partial charge in [-0.15, -0.1) is 0 Å². The first-order valence-electron chi connectivity index (χ1n) is 8.21. The first-order valence-corrected chi connectivity index (χ1v) is 10.4. The number of rotatable bonds is 6. The number of nitrogens with one attached hydrogen (secondary N) is 1. The molecule has 1 N–H and O–H groups in total. The lowest BCUT2D eigenvalue weighted by atomic mass is 10.2. The summed E-state index contributed by atoms with van der Waals surface area (Å²) in [4.78, 5) is 13.8. The molecular weight excluding hydrogens is 385 g/mol. The van der Waals surface area contributed by atoms with Gasteiger partial charge in [0, 0.05) is 32.2 Å². The number of piperazine rings is 1. The quantitative estimate of drug-likeness (QED) is 0.784. The fourth-order valence-corrected chi connectivity index (χ4v) is 5.13. The number of nitrogens with zero attached hydrogens (tertiary/aromatic N) is 2. The van der Waals surface area contributed by atoms with Crippen LogP contribution in [-0.2, 0) is 14.8 Å². The summed E-state index contributed by atoms with van der Waals surface area (Å²) < 4.78 is 27.0. The van der Waals surface area contributed by atoms with Crippen LogP contribution in [0.1, 0.15) is 20.3 Å². The molecule has 0 aromatic heterocycles. The molecule has 0 unspecified atom stereocenters. The van der Waals surface area contributed by atoms with E-state index in [2.05, 4.69) is 5.32 Å². The van der Waals surface area contributed by atoms with Crippen LogP contribution < -0.4 is 5.32 Å². The highest BCUT2D eigenvalue weighted by atomic mass is 35.5. The van der Waals surface area contributed by atoms with E-state index in [1.165, 1.54) is 16.4 Å². The van der Waals surface area contributed by atoms with Crippen molar-refractivity contribution in [2.75, 3.05) is 32.7 Å². The van der Waals surface area contributed by atoms with Gasteiger partial charge >= 0.3 is 0 Å². The molecule has 1 fully saturated rings. The van der Waals surface area contributed by atoms with Crippen molar-refractivity contribution >= 4 is 39.1 Å². The zero-order valence-corrected chi connectivity index (χ0v) is 16.7. The normalized spacial score (nSPS) is 18.1. The first-order chi connectivity index (χ1) is 11.8. The molecule has 1 aliphatic heterocycles. The minimum Gasteiger partial charge on any atom is -0.353 e. The van der Waals surface area contributed by atoms with Crippen molar-refractivity contribution < 1.29 is 13.2 Å². The van der Waals surface area contributed by atoms with E-state index in [4.69, 9.17) is 23.2 Å². The van der Waals surface area contributed by atoms with Gasteiger partial charge in [-0.25, -0.2) is 8.42 Å². The van der Waals surface area contributed by atoms with E-state index in [1.807, 2.05) is 18.7 Å². The molecular formula is C16H23Cl2N3O3S. The number of halogens is 2. The smallest absolute Gasteiger partial charge is 0.246 e. The molecule has 1 aromatic rings. The molecule has 0 aliphatic carbocycles. The predicted octanol–water partition coefficient (Wildman–Crippen LogP) is 2.21. The second-order valence-electron chi connectivity index (χ2n) is 6.11. The topological polar surface area (TPSA) is 69.7 Å². The molecule has 1 atom stereocenters. The highest BCUT2D eigenvalue weighted by Crippen LogP contribution is 2.31. The lowest BCUT2D eigenvalue weighted by Crippen LogP contribution is -2.51. The Kier molecular flexibility index (Phi) is 7.10. The fraction of sp³-hybridized carbons (Fsp3) is 0.562. The average Bonchev–Trinajstić information content (AvgIpc) is 2.54. The van der Waals surface area contributed by atoms with E-state index < -0.39 is 10.0 Å². The summed E-state index contributed by atoms with van der Waals surface area (Å²) in [5.41, 5.74) is 0. The van der Waals surface area contributed by atoms with E-state index in [9.17, 15) is 13.2 Å². The largest absolute Gasteiger partial charge is 0.353 e. The van der Waals surface area contributed by atoms with E-state index in [-0.39, 0.29) is 33.4 Å². The molecule has 6 nitrogen and oxygen atoms in total. The Bertz CT molecular complexity index is 699. The van der Waals surface area contributed by atoms with Gasteiger partial charge in [0.2, 0.25) is 15.9 Å². The minimum absolute atomic E-state index is 0.0418. The van der Waals surface area contributed by atoms with Gasteiger partial charge in [0.25, 0.3) is 0 Å². The zero-order chi connectivity index (χ0) is 18.6. The Hall–Kier alpha value is -0.860. The maximum atomic E-state index is 12.8. The van der Waals surface area contributed by atoms with Gasteiger partial charge in [0.15, 0.2) is 0 Å². The third-order valence-electron chi connectivity index (χ3n) is 4.24. The Morgan fingerprint density at radius 1 is 1.20 bits per heavy atom. The Balaban J connectivity index is 1.99. The molecule has 1 amide bonds. The monoisotopic (exact) mass is 407 g/mol. The lowest BCUT2D eigenvalue weighted by molar-refractivity contribution is -0.123. The van der Waals surface area contributed by atoms with Crippen LogP contribution in [0.4, 0.5) is 0 Å². The minimum atomic E-state index is -3.76. The molecule has 25 heavy (non-hydrogen) atoms. The van der Waals surface area contributed by atoms with Crippen molar-refractivity contribution in [1.29, 1.82) is 0 Å². The Labute approximate surface area is 159 Å². The number of amides is 1. The molecule has 0 saturated carbocycles. The maximum Gasteiger partial charge on any atom is 0.246 e. The summed E-state index contributed by atoms with van der Waals surface area (Å²) >= 11 is 12.1. The summed E-state index contributed by atoms with van der Waals surface area (Å²) in [6, 6.07) is 4.76. The predicted molar refractivity (Wildman–Crippen MR) is 99.6 cm³/mol.